The van der Waals surface area contributed by atoms with E-state index in [1.165, 1.54) is 38.4 Å². The smallest absolute Gasteiger partial charge is 0.251 e. The van der Waals surface area contributed by atoms with Crippen LogP contribution in [0.15, 0.2) is 60.9 Å². The van der Waals surface area contributed by atoms with Crippen LogP contribution in [0.2, 0.25) is 0 Å². The number of nitrogens with one attached hydrogen (secondary N) is 1. The molecule has 0 unspecified atom stereocenters. The van der Waals surface area contributed by atoms with E-state index in [0.29, 0.717) is 45.2 Å². The molecule has 174 valence electrons. The van der Waals surface area contributed by atoms with Crippen LogP contribution in [0.1, 0.15) is 15.9 Å². The molecule has 10 heteroatoms. The van der Waals surface area contributed by atoms with Gasteiger partial charge in [0.05, 0.1) is 27.0 Å². The Hall–Kier alpha value is -4.47. The van der Waals surface area contributed by atoms with Gasteiger partial charge in [-0.25, -0.2) is 9.07 Å². The Bertz CT molecular complexity index is 1310. The van der Waals surface area contributed by atoms with Crippen molar-refractivity contribution in [2.24, 2.45) is 0 Å². The fourth-order valence-corrected chi connectivity index (χ4v) is 3.56. The van der Waals surface area contributed by atoms with Crippen LogP contribution in [0, 0.1) is 5.82 Å². The number of methoxy groups -OCH3 is 3. The number of aromatic nitrogens is 4. The van der Waals surface area contributed by atoms with Crippen LogP contribution >= 0.6 is 0 Å². The van der Waals surface area contributed by atoms with E-state index in [-0.39, 0.29) is 18.3 Å². The van der Waals surface area contributed by atoms with Gasteiger partial charge in [-0.05, 0) is 52.4 Å². The highest BCUT2D eigenvalue weighted by Crippen LogP contribution is 2.44. The van der Waals surface area contributed by atoms with Gasteiger partial charge >= 0.3 is 0 Å². The van der Waals surface area contributed by atoms with Crippen LogP contribution in [0.4, 0.5) is 4.39 Å². The third-order valence-corrected chi connectivity index (χ3v) is 5.21. The lowest BCUT2D eigenvalue weighted by atomic mass is 9.99. The summed E-state index contributed by atoms with van der Waals surface area (Å²) in [6.45, 7) is 0.0373. The largest absolute Gasteiger partial charge is 0.493 e. The average Bonchev–Trinajstić information content (AvgIpc) is 3.42. The first-order valence-electron chi connectivity index (χ1n) is 10.2. The number of nitrogens with zero attached hydrogens (tertiary/aromatic N) is 4. The number of hydrogen-bond donors (Lipinski definition) is 1. The van der Waals surface area contributed by atoms with Crippen LogP contribution in [-0.2, 0) is 6.54 Å². The van der Waals surface area contributed by atoms with Gasteiger partial charge in [-0.1, -0.05) is 18.2 Å². The summed E-state index contributed by atoms with van der Waals surface area (Å²) in [5, 5.41) is 14.0. The van der Waals surface area contributed by atoms with Crippen LogP contribution in [0.25, 0.3) is 16.8 Å². The fraction of sp³-hybridized carbons (Fsp3) is 0.167. The Labute approximate surface area is 195 Å². The molecule has 0 aliphatic rings. The summed E-state index contributed by atoms with van der Waals surface area (Å²) in [6.07, 6.45) is 1.42. The molecular formula is C24H22FN5O4. The van der Waals surface area contributed by atoms with Crippen LogP contribution < -0.4 is 19.5 Å². The molecule has 0 radical (unpaired) electrons. The summed E-state index contributed by atoms with van der Waals surface area (Å²) in [5.74, 6) is 0.580. The molecule has 0 saturated heterocycles. The summed E-state index contributed by atoms with van der Waals surface area (Å²) < 4.78 is 31.9. The van der Waals surface area contributed by atoms with Gasteiger partial charge in [-0.2, -0.15) is 0 Å². The molecule has 4 rings (SSSR count). The summed E-state index contributed by atoms with van der Waals surface area (Å²) in [7, 11) is 4.57. The highest BCUT2D eigenvalue weighted by Gasteiger charge is 2.19. The molecule has 1 amide bonds. The molecule has 0 atom stereocenters. The quantitative estimate of drug-likeness (QED) is 0.427. The number of ether oxygens (including phenoxy) is 3. The minimum absolute atomic E-state index is 0.0373. The zero-order valence-electron chi connectivity index (χ0n) is 18.8. The molecule has 9 nitrogen and oxygen atoms in total. The third-order valence-electron chi connectivity index (χ3n) is 5.21. The SMILES string of the molecule is COc1ccc(-c2cc(C(=O)NCc3ccccc3F)cc(-n3cnnn3)c2)c(OC)c1OC. The minimum atomic E-state index is -0.390. The van der Waals surface area contributed by atoms with E-state index >= 15 is 0 Å². The molecular weight excluding hydrogens is 441 g/mol. The number of hydrogen-bond acceptors (Lipinski definition) is 7. The molecule has 0 saturated carbocycles. The minimum Gasteiger partial charge on any atom is -0.493 e. The highest BCUT2D eigenvalue weighted by atomic mass is 19.1. The summed E-state index contributed by atoms with van der Waals surface area (Å²) in [4.78, 5) is 13.0. The zero-order valence-corrected chi connectivity index (χ0v) is 18.8. The first kappa shape index (κ1) is 22.7. The molecule has 1 heterocycles. The maximum atomic E-state index is 14.0. The van der Waals surface area contributed by atoms with Crippen LogP contribution in [0.3, 0.4) is 0 Å². The number of tetrazole rings is 1. The number of carbonyl (C=O) groups excluding carboxylic acids is 1. The predicted molar refractivity (Wildman–Crippen MR) is 122 cm³/mol. The first-order valence-corrected chi connectivity index (χ1v) is 10.2. The number of halogens is 1. The second-order valence-electron chi connectivity index (χ2n) is 7.18. The number of amides is 1. The van der Waals surface area contributed by atoms with E-state index < -0.39 is 0 Å². The lowest BCUT2D eigenvalue weighted by Crippen LogP contribution is -2.23. The van der Waals surface area contributed by atoms with Crippen molar-refractivity contribution < 1.29 is 23.4 Å². The van der Waals surface area contributed by atoms with Gasteiger partial charge in [0, 0.05) is 23.2 Å². The average molecular weight is 463 g/mol. The maximum absolute atomic E-state index is 14.0. The van der Waals surface area contributed by atoms with Gasteiger partial charge in [-0.15, -0.1) is 5.10 Å². The standard InChI is InChI=1S/C24H22FN5O4/c1-32-21-9-8-19(22(33-2)23(21)34-3)16-10-17(12-18(11-16)30-14-27-28-29-30)24(31)26-13-15-6-4-5-7-20(15)25/h4-12,14H,13H2,1-3H3,(H,26,31). The zero-order chi connectivity index (χ0) is 24.1. The summed E-state index contributed by atoms with van der Waals surface area (Å²) in [5.41, 5.74) is 2.58. The number of benzene rings is 3. The fourth-order valence-electron chi connectivity index (χ4n) is 3.56. The monoisotopic (exact) mass is 463 g/mol. The van der Waals surface area contributed by atoms with E-state index in [4.69, 9.17) is 14.2 Å². The van der Waals surface area contributed by atoms with E-state index in [2.05, 4.69) is 20.8 Å². The Balaban J connectivity index is 1.77. The van der Waals surface area contributed by atoms with E-state index in [1.807, 2.05) is 6.07 Å². The van der Waals surface area contributed by atoms with E-state index in [0.717, 1.165) is 0 Å². The normalized spacial score (nSPS) is 10.6. The van der Waals surface area contributed by atoms with Gasteiger partial charge < -0.3 is 19.5 Å². The number of rotatable bonds is 8. The molecule has 3 aromatic carbocycles. The van der Waals surface area contributed by atoms with Gasteiger partial charge in [0.1, 0.15) is 12.1 Å². The van der Waals surface area contributed by atoms with Gasteiger partial charge in [0.15, 0.2) is 11.5 Å². The van der Waals surface area contributed by atoms with Crippen molar-refractivity contribution in [2.75, 3.05) is 21.3 Å². The van der Waals surface area contributed by atoms with Crippen LogP contribution in [-0.4, -0.2) is 47.4 Å². The molecule has 0 aliphatic carbocycles. The summed E-state index contributed by atoms with van der Waals surface area (Å²) in [6, 6.07) is 15.0. The molecule has 1 aromatic heterocycles. The van der Waals surface area contributed by atoms with Crippen molar-refractivity contribution in [3.05, 3.63) is 77.9 Å². The second-order valence-corrected chi connectivity index (χ2v) is 7.18. The molecule has 0 fully saturated rings. The van der Waals surface area contributed by atoms with Crippen molar-refractivity contribution in [3.8, 4) is 34.1 Å². The molecule has 0 aliphatic heterocycles. The van der Waals surface area contributed by atoms with Crippen molar-refractivity contribution in [2.45, 2.75) is 6.54 Å². The lowest BCUT2D eigenvalue weighted by molar-refractivity contribution is 0.0950. The molecule has 0 bridgehead atoms. The Kier molecular flexibility index (Phi) is 6.67. The van der Waals surface area contributed by atoms with Gasteiger partial charge in [0.2, 0.25) is 5.75 Å². The van der Waals surface area contributed by atoms with E-state index in [1.54, 1.807) is 42.5 Å². The molecule has 4 aromatic rings. The predicted octanol–water partition coefficient (Wildman–Crippen LogP) is 3.42. The first-order chi connectivity index (χ1) is 16.5. The maximum Gasteiger partial charge on any atom is 0.251 e. The van der Waals surface area contributed by atoms with Crippen LogP contribution in [0.5, 0.6) is 17.2 Å². The third kappa shape index (κ3) is 4.51. The molecule has 1 N–H and O–H groups in total. The van der Waals surface area contributed by atoms with Gasteiger partial charge in [-0.3, -0.25) is 4.79 Å². The Morgan fingerprint density at radius 1 is 1.00 bits per heavy atom. The topological polar surface area (TPSA) is 100 Å². The lowest BCUT2D eigenvalue weighted by Gasteiger charge is -2.17. The molecule has 0 spiro atoms. The van der Waals surface area contributed by atoms with Crippen molar-refractivity contribution in [1.29, 1.82) is 0 Å². The Morgan fingerprint density at radius 2 is 1.79 bits per heavy atom. The van der Waals surface area contributed by atoms with Crippen molar-refractivity contribution >= 4 is 5.91 Å². The van der Waals surface area contributed by atoms with E-state index in [9.17, 15) is 9.18 Å². The summed E-state index contributed by atoms with van der Waals surface area (Å²) >= 11 is 0. The highest BCUT2D eigenvalue weighted by molar-refractivity contribution is 5.96. The van der Waals surface area contributed by atoms with Crippen molar-refractivity contribution in [3.63, 3.8) is 0 Å². The van der Waals surface area contributed by atoms with Gasteiger partial charge in [0.25, 0.3) is 5.91 Å². The Morgan fingerprint density at radius 3 is 2.47 bits per heavy atom. The molecule has 34 heavy (non-hydrogen) atoms. The second kappa shape index (κ2) is 9.99. The number of carbonyl (C=O) groups is 1. The van der Waals surface area contributed by atoms with Crippen molar-refractivity contribution in [1.82, 2.24) is 25.5 Å².